The predicted molar refractivity (Wildman–Crippen MR) is 65.2 cm³/mol. The summed E-state index contributed by atoms with van der Waals surface area (Å²) >= 11 is -6.79. The van der Waals surface area contributed by atoms with Crippen LogP contribution in [0.25, 0.3) is 0 Å². The average molecular weight is 321 g/mol. The molecule has 0 fully saturated rings. The van der Waals surface area contributed by atoms with E-state index in [2.05, 4.69) is 0 Å². The molecule has 8 heteroatoms. The van der Waals surface area contributed by atoms with Crippen LogP contribution in [0, 0.1) is 0 Å². The molecule has 0 radical (unpaired) electrons. The Balaban J connectivity index is 6.14. The molecule has 18 heavy (non-hydrogen) atoms. The third-order valence-corrected chi connectivity index (χ3v) is 22.9. The van der Waals surface area contributed by atoms with Crippen molar-refractivity contribution in [3.8, 4) is 0 Å². The predicted octanol–water partition coefficient (Wildman–Crippen LogP) is 2.23. The second-order valence-corrected chi connectivity index (χ2v) is 21.5. The Hall–Kier alpha value is 0.241. The topological polar surface area (TPSA) is 82.1 Å². The third kappa shape index (κ3) is 2.72. The number of rotatable bonds is 9. The number of hydrogen-bond acceptors (Lipinski definition) is 5. The van der Waals surface area contributed by atoms with Crippen molar-refractivity contribution in [1.29, 1.82) is 0 Å². The fourth-order valence-corrected chi connectivity index (χ4v) is 16.0. The van der Waals surface area contributed by atoms with E-state index in [4.69, 9.17) is 13.3 Å². The van der Waals surface area contributed by atoms with Gasteiger partial charge in [-0.05, 0) is 0 Å². The van der Waals surface area contributed by atoms with Gasteiger partial charge in [0.2, 0.25) is 0 Å². The summed E-state index contributed by atoms with van der Waals surface area (Å²) in [5, 5.41) is -0.849. The van der Waals surface area contributed by atoms with Crippen LogP contribution in [0.15, 0.2) is 0 Å². The first-order valence-electron chi connectivity index (χ1n) is 6.44. The van der Waals surface area contributed by atoms with E-state index >= 15 is 0 Å². The molecule has 0 bridgehead atoms. The minimum absolute atomic E-state index is 0.109. The standard InChI is InChI=1S/C6H15O3Si.2C2H5.H2O.2O.V/c1-4-7-10(8-5-2)9-6-3;2*1-2;;;;/h4-6H2,1-3H3;2*1H2,2H3;1H2;;;/q;;;;;;+1/p-1. The number of hydrogen-bond donors (Lipinski definition) is 1. The Morgan fingerprint density at radius 2 is 1.11 bits per heavy atom. The Morgan fingerprint density at radius 3 is 1.28 bits per heavy atom. The Labute approximate surface area is 108 Å². The first kappa shape index (κ1) is 18.2. The van der Waals surface area contributed by atoms with Gasteiger partial charge in [0, 0.05) is 0 Å². The van der Waals surface area contributed by atoms with Crippen LogP contribution < -0.4 is 0 Å². The molecule has 0 rings (SSSR count). The molecular formula is C10H26O6SiV. The van der Waals surface area contributed by atoms with Crippen LogP contribution in [-0.2, 0) is 32.0 Å². The Kier molecular flexibility index (Phi) is 5.39. The zero-order valence-electron chi connectivity index (χ0n) is 12.0. The molecule has 0 spiro atoms. The van der Waals surface area contributed by atoms with Gasteiger partial charge in [0.25, 0.3) is 0 Å². The molecule has 6 nitrogen and oxygen atoms in total. The maximum absolute atomic E-state index is 13.0. The van der Waals surface area contributed by atoms with E-state index < -0.39 is 28.8 Å². The molecule has 0 unspecified atom stereocenters. The maximum atomic E-state index is 13.0. The molecule has 0 amide bonds. The third-order valence-electron chi connectivity index (χ3n) is 3.28. The van der Waals surface area contributed by atoms with Crippen molar-refractivity contribution >= 4 is 7.18 Å². The molecular weight excluding hydrogens is 295 g/mol. The molecule has 0 aromatic heterocycles. The van der Waals surface area contributed by atoms with Gasteiger partial charge in [0.1, 0.15) is 0 Å². The summed E-state index contributed by atoms with van der Waals surface area (Å²) < 4.78 is 52.8. The van der Waals surface area contributed by atoms with Gasteiger partial charge in [-0.3, -0.25) is 0 Å². The molecule has 0 aliphatic carbocycles. The average Bonchev–Trinajstić information content (AvgIpc) is 2.30. The van der Waals surface area contributed by atoms with Crippen LogP contribution in [0.4, 0.5) is 0 Å². The van der Waals surface area contributed by atoms with Gasteiger partial charge in [-0.15, -0.1) is 0 Å². The summed E-state index contributed by atoms with van der Waals surface area (Å²) in [5.74, 6) is 0. The van der Waals surface area contributed by atoms with Gasteiger partial charge in [-0.1, -0.05) is 0 Å². The molecule has 0 heterocycles. The van der Waals surface area contributed by atoms with E-state index in [0.29, 0.717) is 0 Å². The first-order valence-corrected chi connectivity index (χ1v) is 13.9. The van der Waals surface area contributed by atoms with Gasteiger partial charge in [0.05, 0.1) is 0 Å². The molecule has 0 aromatic carbocycles. The summed E-state index contributed by atoms with van der Waals surface area (Å²) in [5.41, 5.74) is 0. The summed E-state index contributed by atoms with van der Waals surface area (Å²) in [4.78, 5) is 0. The molecule has 0 saturated carbocycles. The normalized spacial score (nSPS) is 17.2. The summed E-state index contributed by atoms with van der Waals surface area (Å²) in [7, 11) is -4.18. The van der Waals surface area contributed by atoms with Gasteiger partial charge in [0.15, 0.2) is 0 Å². The van der Waals surface area contributed by atoms with Crippen molar-refractivity contribution in [2.45, 2.75) is 44.9 Å². The quantitative estimate of drug-likeness (QED) is 0.656. The van der Waals surface area contributed by atoms with Crippen LogP contribution in [0.1, 0.15) is 34.6 Å². The van der Waals surface area contributed by atoms with Gasteiger partial charge in [-0.2, -0.15) is 0 Å². The van der Waals surface area contributed by atoms with Crippen molar-refractivity contribution in [2.24, 2.45) is 0 Å². The second-order valence-electron chi connectivity index (χ2n) is 4.31. The zero-order valence-corrected chi connectivity index (χ0v) is 14.4. The van der Waals surface area contributed by atoms with E-state index in [1.165, 1.54) is 13.8 Å². The fraction of sp³-hybridized carbons (Fsp3) is 1.00. The van der Waals surface area contributed by atoms with E-state index in [1.807, 2.05) is 0 Å². The second kappa shape index (κ2) is 5.32. The van der Waals surface area contributed by atoms with Crippen molar-refractivity contribution in [1.82, 2.24) is 0 Å². The van der Waals surface area contributed by atoms with Crippen molar-refractivity contribution in [3.05, 3.63) is 0 Å². The van der Waals surface area contributed by atoms with E-state index in [1.54, 1.807) is 20.8 Å². The summed E-state index contributed by atoms with van der Waals surface area (Å²) in [6.07, 6.45) is 0. The summed E-state index contributed by atoms with van der Waals surface area (Å²) in [6, 6.07) is 0. The Morgan fingerprint density at radius 1 is 0.833 bits per heavy atom. The van der Waals surface area contributed by atoms with Crippen molar-refractivity contribution < 1.29 is 36.0 Å². The zero-order chi connectivity index (χ0) is 14.6. The monoisotopic (exact) mass is 321 g/mol. The van der Waals surface area contributed by atoms with Crippen LogP contribution in [-0.4, -0.2) is 31.0 Å². The van der Waals surface area contributed by atoms with E-state index in [-0.39, 0.29) is 19.8 Å². The molecule has 0 aromatic rings. The van der Waals surface area contributed by atoms with Crippen LogP contribution in [0.2, 0.25) is 10.3 Å². The minimum atomic E-state index is -6.79. The fourth-order valence-electron chi connectivity index (χ4n) is 1.80. The molecule has 1 N–H and O–H groups in total. The molecule has 111 valence electrons. The summed E-state index contributed by atoms with van der Waals surface area (Å²) in [6.45, 7) is 8.09. The van der Waals surface area contributed by atoms with Gasteiger partial charge >= 0.3 is 108 Å². The first-order chi connectivity index (χ1) is 8.10. The molecule has 0 aliphatic heterocycles. The van der Waals surface area contributed by atoms with Gasteiger partial charge < -0.3 is 0 Å². The van der Waals surface area contributed by atoms with Crippen molar-refractivity contribution in [3.63, 3.8) is 0 Å². The Bertz CT molecular complexity index is 404. The van der Waals surface area contributed by atoms with E-state index in [0.717, 1.165) is 0 Å². The SMILES string of the molecule is CCO[Si](OCC)(OCC)[V](=[O])(=[O])([OH])([CH2]C)[CH2]C. The van der Waals surface area contributed by atoms with Crippen LogP contribution in [0.5, 0.6) is 0 Å². The van der Waals surface area contributed by atoms with Gasteiger partial charge in [-0.25, -0.2) is 0 Å². The molecule has 0 saturated heterocycles. The van der Waals surface area contributed by atoms with Crippen LogP contribution >= 0.6 is 0 Å². The van der Waals surface area contributed by atoms with E-state index in [9.17, 15) is 11.4 Å². The molecule has 0 atom stereocenters. The molecule has 0 aliphatic rings. The van der Waals surface area contributed by atoms with Crippen LogP contribution in [0.3, 0.4) is 0 Å². The van der Waals surface area contributed by atoms with Crippen molar-refractivity contribution in [2.75, 3.05) is 19.8 Å².